The SMILES string of the molecule is NC1=NCC=C1c1cc(Cl)ccc1Nc1ccc(I)cc1. The molecule has 2 aromatic rings. The molecule has 0 saturated heterocycles. The summed E-state index contributed by atoms with van der Waals surface area (Å²) in [5.41, 5.74) is 9.85. The zero-order valence-electron chi connectivity index (χ0n) is 11.1. The number of halogens is 2. The van der Waals surface area contributed by atoms with E-state index in [4.69, 9.17) is 17.3 Å². The second-order valence-corrected chi connectivity index (χ2v) is 6.35. The van der Waals surface area contributed by atoms with Crippen LogP contribution in [0.4, 0.5) is 11.4 Å². The maximum atomic E-state index is 6.13. The lowest BCUT2D eigenvalue weighted by Gasteiger charge is -2.14. The lowest BCUT2D eigenvalue weighted by Crippen LogP contribution is -2.12. The van der Waals surface area contributed by atoms with E-state index in [9.17, 15) is 0 Å². The van der Waals surface area contributed by atoms with Crippen molar-refractivity contribution in [1.82, 2.24) is 0 Å². The Morgan fingerprint density at radius 1 is 1.14 bits per heavy atom. The van der Waals surface area contributed by atoms with Gasteiger partial charge in [0.2, 0.25) is 0 Å². The molecule has 5 heteroatoms. The number of benzene rings is 2. The largest absolute Gasteiger partial charge is 0.383 e. The molecule has 1 heterocycles. The van der Waals surface area contributed by atoms with Gasteiger partial charge in [-0.25, -0.2) is 0 Å². The number of hydrogen-bond acceptors (Lipinski definition) is 3. The first-order valence-electron chi connectivity index (χ1n) is 6.46. The molecule has 0 radical (unpaired) electrons. The number of amidine groups is 1. The van der Waals surface area contributed by atoms with Gasteiger partial charge in [-0.05, 0) is 65.1 Å². The second kappa shape index (κ2) is 6.07. The molecule has 3 nitrogen and oxygen atoms in total. The van der Waals surface area contributed by atoms with Crippen LogP contribution in [0.15, 0.2) is 53.5 Å². The van der Waals surface area contributed by atoms with Gasteiger partial charge in [-0.2, -0.15) is 0 Å². The van der Waals surface area contributed by atoms with E-state index in [0.717, 1.165) is 22.5 Å². The van der Waals surface area contributed by atoms with Crippen molar-refractivity contribution in [2.45, 2.75) is 0 Å². The minimum atomic E-state index is 0.558. The maximum absolute atomic E-state index is 6.13. The Hall–Kier alpha value is -1.53. The molecular weight excluding hydrogens is 397 g/mol. The fraction of sp³-hybridized carbons (Fsp3) is 0.0625. The highest BCUT2D eigenvalue weighted by molar-refractivity contribution is 14.1. The predicted octanol–water partition coefficient (Wildman–Crippen LogP) is 4.44. The Kier molecular flexibility index (Phi) is 4.17. The molecule has 0 bridgehead atoms. The van der Waals surface area contributed by atoms with Crippen LogP contribution in [0.1, 0.15) is 5.56 Å². The lowest BCUT2D eigenvalue weighted by molar-refractivity contribution is 1.27. The van der Waals surface area contributed by atoms with Gasteiger partial charge in [0.25, 0.3) is 0 Å². The lowest BCUT2D eigenvalue weighted by atomic mass is 10.0. The molecule has 0 amide bonds. The molecule has 0 aliphatic carbocycles. The fourth-order valence-corrected chi connectivity index (χ4v) is 2.74. The molecule has 3 rings (SSSR count). The number of anilines is 2. The summed E-state index contributed by atoms with van der Waals surface area (Å²) >= 11 is 8.42. The Morgan fingerprint density at radius 3 is 2.57 bits per heavy atom. The Bertz CT molecular complexity index is 736. The molecule has 3 N–H and O–H groups in total. The standard InChI is InChI=1S/C16H13ClIN3/c17-10-1-6-15(21-12-4-2-11(18)3-5-12)14(9-10)13-7-8-20-16(13)19/h1-7,9,21H,8H2,(H2,19,20). The molecule has 0 atom stereocenters. The van der Waals surface area contributed by atoms with Crippen LogP contribution in [-0.2, 0) is 0 Å². The third-order valence-corrected chi connectivity index (χ3v) is 4.18. The van der Waals surface area contributed by atoms with Crippen molar-refractivity contribution >= 4 is 57.0 Å². The molecule has 0 spiro atoms. The van der Waals surface area contributed by atoms with Gasteiger partial charge in [0.1, 0.15) is 5.84 Å². The van der Waals surface area contributed by atoms with E-state index in [1.165, 1.54) is 3.57 Å². The van der Waals surface area contributed by atoms with Crippen LogP contribution < -0.4 is 11.1 Å². The summed E-state index contributed by atoms with van der Waals surface area (Å²) in [7, 11) is 0. The zero-order valence-corrected chi connectivity index (χ0v) is 14.0. The van der Waals surface area contributed by atoms with Crippen LogP contribution >= 0.6 is 34.2 Å². The van der Waals surface area contributed by atoms with Crippen LogP contribution in [0.3, 0.4) is 0 Å². The summed E-state index contributed by atoms with van der Waals surface area (Å²) in [6.45, 7) is 0.622. The van der Waals surface area contributed by atoms with E-state index in [1.54, 1.807) is 0 Å². The van der Waals surface area contributed by atoms with Crippen molar-refractivity contribution in [1.29, 1.82) is 0 Å². The summed E-state index contributed by atoms with van der Waals surface area (Å²) in [6, 6.07) is 13.9. The predicted molar refractivity (Wildman–Crippen MR) is 98.4 cm³/mol. The molecule has 0 fully saturated rings. The Morgan fingerprint density at radius 2 is 1.90 bits per heavy atom. The van der Waals surface area contributed by atoms with E-state index in [0.29, 0.717) is 17.4 Å². The second-order valence-electron chi connectivity index (χ2n) is 4.67. The minimum absolute atomic E-state index is 0.558. The van der Waals surface area contributed by atoms with E-state index in [-0.39, 0.29) is 0 Å². The van der Waals surface area contributed by atoms with Gasteiger partial charge in [0, 0.05) is 31.1 Å². The molecule has 21 heavy (non-hydrogen) atoms. The molecule has 0 saturated carbocycles. The molecule has 106 valence electrons. The third-order valence-electron chi connectivity index (χ3n) is 3.23. The van der Waals surface area contributed by atoms with Crippen molar-refractivity contribution in [3.8, 4) is 0 Å². The number of nitrogens with two attached hydrogens (primary N) is 1. The molecule has 1 aliphatic heterocycles. The zero-order chi connectivity index (χ0) is 14.8. The average Bonchev–Trinajstić information content (AvgIpc) is 2.89. The van der Waals surface area contributed by atoms with Crippen LogP contribution in [0.5, 0.6) is 0 Å². The summed E-state index contributed by atoms with van der Waals surface area (Å²) in [5.74, 6) is 0.558. The van der Waals surface area contributed by atoms with Gasteiger partial charge < -0.3 is 11.1 Å². The van der Waals surface area contributed by atoms with Crippen molar-refractivity contribution < 1.29 is 0 Å². The topological polar surface area (TPSA) is 50.4 Å². The average molecular weight is 410 g/mol. The van der Waals surface area contributed by atoms with E-state index < -0.39 is 0 Å². The number of nitrogens with one attached hydrogen (secondary N) is 1. The first kappa shape index (κ1) is 14.4. The minimum Gasteiger partial charge on any atom is -0.383 e. The number of rotatable bonds is 3. The normalized spacial score (nSPS) is 13.8. The smallest absolute Gasteiger partial charge is 0.126 e. The van der Waals surface area contributed by atoms with Crippen LogP contribution in [-0.4, -0.2) is 12.4 Å². The van der Waals surface area contributed by atoms with Gasteiger partial charge in [-0.1, -0.05) is 17.7 Å². The molecule has 1 aliphatic rings. The van der Waals surface area contributed by atoms with Gasteiger partial charge in [-0.3, -0.25) is 4.99 Å². The highest BCUT2D eigenvalue weighted by Crippen LogP contribution is 2.31. The summed E-state index contributed by atoms with van der Waals surface area (Å²) in [5, 5.41) is 4.09. The van der Waals surface area contributed by atoms with Crippen molar-refractivity contribution in [3.05, 3.63) is 62.7 Å². The molecule has 2 aromatic carbocycles. The monoisotopic (exact) mass is 409 g/mol. The first-order chi connectivity index (χ1) is 10.1. The summed E-state index contributed by atoms with van der Waals surface area (Å²) < 4.78 is 1.20. The van der Waals surface area contributed by atoms with Crippen molar-refractivity contribution in [3.63, 3.8) is 0 Å². The Balaban J connectivity index is 1.99. The van der Waals surface area contributed by atoms with Gasteiger partial charge in [0.15, 0.2) is 0 Å². The number of nitrogens with zero attached hydrogens (tertiary/aromatic N) is 1. The summed E-state index contributed by atoms with van der Waals surface area (Å²) in [6.07, 6.45) is 2.01. The molecule has 0 aromatic heterocycles. The van der Waals surface area contributed by atoms with E-state index in [2.05, 4.69) is 45.0 Å². The summed E-state index contributed by atoms with van der Waals surface area (Å²) in [4.78, 5) is 4.21. The maximum Gasteiger partial charge on any atom is 0.126 e. The van der Waals surface area contributed by atoms with Gasteiger partial charge >= 0.3 is 0 Å². The molecule has 0 unspecified atom stereocenters. The van der Waals surface area contributed by atoms with E-state index in [1.807, 2.05) is 36.4 Å². The molecular formula is C16H13ClIN3. The van der Waals surface area contributed by atoms with Gasteiger partial charge in [-0.15, -0.1) is 0 Å². The van der Waals surface area contributed by atoms with Crippen molar-refractivity contribution in [2.75, 3.05) is 11.9 Å². The van der Waals surface area contributed by atoms with Gasteiger partial charge in [0.05, 0.1) is 6.54 Å². The third kappa shape index (κ3) is 3.22. The quantitative estimate of drug-likeness (QED) is 0.736. The van der Waals surface area contributed by atoms with Crippen LogP contribution in [0, 0.1) is 3.57 Å². The fourth-order valence-electron chi connectivity index (χ4n) is 2.21. The van der Waals surface area contributed by atoms with Crippen LogP contribution in [0.2, 0.25) is 5.02 Å². The number of aliphatic imine (C=N–C) groups is 1. The highest BCUT2D eigenvalue weighted by Gasteiger charge is 2.15. The number of hydrogen-bond donors (Lipinski definition) is 2. The first-order valence-corrected chi connectivity index (χ1v) is 7.92. The van der Waals surface area contributed by atoms with Crippen molar-refractivity contribution in [2.24, 2.45) is 10.7 Å². The highest BCUT2D eigenvalue weighted by atomic mass is 127. The van der Waals surface area contributed by atoms with Crippen LogP contribution in [0.25, 0.3) is 5.57 Å². The Labute approximate surface area is 142 Å². The van der Waals surface area contributed by atoms with E-state index >= 15 is 0 Å².